The summed E-state index contributed by atoms with van der Waals surface area (Å²) in [5, 5.41) is 16.5. The van der Waals surface area contributed by atoms with Gasteiger partial charge in [-0.25, -0.2) is 0 Å². The first-order chi connectivity index (χ1) is 8.40. The van der Waals surface area contributed by atoms with Crippen molar-refractivity contribution >= 4 is 23.0 Å². The number of aromatic nitrogens is 3. The Labute approximate surface area is 105 Å². The number of benzene rings is 1. The van der Waals surface area contributed by atoms with Gasteiger partial charge in [-0.2, -0.15) is 15.4 Å². The van der Waals surface area contributed by atoms with Crippen molar-refractivity contribution in [3.05, 3.63) is 24.3 Å². The van der Waals surface area contributed by atoms with Gasteiger partial charge < -0.3 is 0 Å². The second-order valence-corrected chi connectivity index (χ2v) is 5.15. The van der Waals surface area contributed by atoms with Crippen molar-refractivity contribution in [2.45, 2.75) is 37.4 Å². The first-order valence-electron chi connectivity index (χ1n) is 6.01. The first kappa shape index (κ1) is 12.4. The lowest BCUT2D eigenvalue weighted by molar-refractivity contribution is 0.516. The third-order valence-corrected chi connectivity index (χ3v) is 3.82. The molecule has 3 N–H and O–H groups in total. The lowest BCUT2D eigenvalue weighted by atomic mass is 10.0. The van der Waals surface area contributed by atoms with E-state index in [9.17, 15) is 0 Å². The number of nitrogens with zero attached hydrogens (tertiary/aromatic N) is 2. The minimum absolute atomic E-state index is 0.781. The number of hydrogen-bond acceptors (Lipinski definition) is 4. The van der Waals surface area contributed by atoms with Gasteiger partial charge in [0.05, 0.1) is 0 Å². The van der Waals surface area contributed by atoms with Gasteiger partial charge in [0.1, 0.15) is 11.0 Å². The highest BCUT2D eigenvalue weighted by molar-refractivity contribution is 7.97. The number of H-pyrrole nitrogens is 1. The van der Waals surface area contributed by atoms with Crippen molar-refractivity contribution in [2.75, 3.05) is 0 Å². The summed E-state index contributed by atoms with van der Waals surface area (Å²) in [7, 11) is 0. The molecule has 5 heteroatoms. The van der Waals surface area contributed by atoms with E-state index in [-0.39, 0.29) is 0 Å². The van der Waals surface area contributed by atoms with Crippen LogP contribution in [0.15, 0.2) is 24.3 Å². The van der Waals surface area contributed by atoms with Gasteiger partial charge in [-0.05, 0) is 25.0 Å². The molecular formula is C12H18N4S. The zero-order chi connectivity index (χ0) is 11.9. The average Bonchev–Trinajstić information content (AvgIpc) is 2.89. The van der Waals surface area contributed by atoms with E-state index in [1.165, 1.54) is 32.1 Å². The Balaban J connectivity index is 0.000000128. The first-order valence-corrected chi connectivity index (χ1v) is 6.95. The summed E-state index contributed by atoms with van der Waals surface area (Å²) in [5.74, 6) is 0. The zero-order valence-electron chi connectivity index (χ0n) is 9.80. The van der Waals surface area contributed by atoms with Crippen molar-refractivity contribution in [1.29, 1.82) is 0 Å². The summed E-state index contributed by atoms with van der Waals surface area (Å²) in [6, 6.07) is 7.70. The van der Waals surface area contributed by atoms with Gasteiger partial charge in [-0.1, -0.05) is 43.3 Å². The molecule has 4 nitrogen and oxygen atoms in total. The summed E-state index contributed by atoms with van der Waals surface area (Å²) in [5.41, 5.74) is 1.83. The number of aromatic amines is 1. The number of nitrogens with one attached hydrogen (secondary N) is 1. The Bertz CT molecular complexity index is 407. The third kappa shape index (κ3) is 3.71. The Morgan fingerprint density at radius 2 is 1.65 bits per heavy atom. The van der Waals surface area contributed by atoms with E-state index in [4.69, 9.17) is 5.14 Å². The highest BCUT2D eigenvalue weighted by atomic mass is 32.2. The molecule has 92 valence electrons. The number of fused-ring (bicyclic) bond motifs is 1. The van der Waals surface area contributed by atoms with Gasteiger partial charge >= 0.3 is 0 Å². The van der Waals surface area contributed by atoms with Crippen LogP contribution in [0.3, 0.4) is 0 Å². The maximum absolute atomic E-state index is 5.42. The summed E-state index contributed by atoms with van der Waals surface area (Å²) >= 11 is 1.55. The fourth-order valence-corrected chi connectivity index (χ4v) is 2.59. The predicted molar refractivity (Wildman–Crippen MR) is 72.5 cm³/mol. The molecule has 0 unspecified atom stereocenters. The minimum Gasteiger partial charge on any atom is -0.278 e. The maximum Gasteiger partial charge on any atom is 0.112 e. The highest BCUT2D eigenvalue weighted by Gasteiger charge is 2.10. The van der Waals surface area contributed by atoms with Crippen molar-refractivity contribution in [1.82, 2.24) is 15.4 Å². The molecule has 0 aliphatic heterocycles. The fraction of sp³-hybridized carbons (Fsp3) is 0.500. The van der Waals surface area contributed by atoms with Crippen molar-refractivity contribution in [3.63, 3.8) is 0 Å². The highest BCUT2D eigenvalue weighted by Crippen LogP contribution is 2.24. The number of para-hydroxylation sites is 2. The van der Waals surface area contributed by atoms with Gasteiger partial charge in [0.15, 0.2) is 0 Å². The molecule has 1 aromatic carbocycles. The second-order valence-electron chi connectivity index (χ2n) is 4.21. The summed E-state index contributed by atoms with van der Waals surface area (Å²) in [6.07, 6.45) is 6.92. The maximum atomic E-state index is 5.42. The van der Waals surface area contributed by atoms with Crippen LogP contribution >= 0.6 is 11.9 Å². The molecule has 0 saturated heterocycles. The van der Waals surface area contributed by atoms with Gasteiger partial charge in [0.2, 0.25) is 0 Å². The standard InChI is InChI=1S/C6H5N3.C6H13NS/c1-2-4-6-5(3-1)7-9-8-6;7-8-6-4-2-1-3-5-6/h1-4H,(H,7,8,9);6H,1-5,7H2. The van der Waals surface area contributed by atoms with E-state index in [1.54, 1.807) is 11.9 Å². The Hall–Kier alpha value is -1.07. The van der Waals surface area contributed by atoms with Gasteiger partial charge in [-0.3, -0.25) is 5.14 Å². The molecule has 2 aromatic rings. The SMILES string of the molecule is NSC1CCCCC1.c1ccc2n[nH]nc2c1. The minimum atomic E-state index is 0.781. The second kappa shape index (κ2) is 6.61. The molecule has 1 heterocycles. The van der Waals surface area contributed by atoms with E-state index in [0.29, 0.717) is 0 Å². The van der Waals surface area contributed by atoms with E-state index in [1.807, 2.05) is 24.3 Å². The average molecular weight is 250 g/mol. The number of rotatable bonds is 1. The quantitative estimate of drug-likeness (QED) is 0.764. The van der Waals surface area contributed by atoms with Gasteiger partial charge in [0, 0.05) is 5.25 Å². The van der Waals surface area contributed by atoms with Crippen LogP contribution < -0.4 is 5.14 Å². The molecular weight excluding hydrogens is 232 g/mol. The van der Waals surface area contributed by atoms with Crippen molar-refractivity contribution < 1.29 is 0 Å². The Morgan fingerprint density at radius 3 is 2.12 bits per heavy atom. The Morgan fingerprint density at radius 1 is 1.06 bits per heavy atom. The van der Waals surface area contributed by atoms with Crippen LogP contribution in [0.4, 0.5) is 0 Å². The molecule has 1 aliphatic carbocycles. The van der Waals surface area contributed by atoms with Crippen molar-refractivity contribution in [3.8, 4) is 0 Å². The zero-order valence-corrected chi connectivity index (χ0v) is 10.6. The van der Waals surface area contributed by atoms with Crippen molar-refractivity contribution in [2.24, 2.45) is 5.14 Å². The van der Waals surface area contributed by atoms with E-state index in [2.05, 4.69) is 15.4 Å². The van der Waals surface area contributed by atoms with Gasteiger partial charge in [-0.15, -0.1) is 0 Å². The van der Waals surface area contributed by atoms with Crippen LogP contribution in [-0.4, -0.2) is 20.7 Å². The van der Waals surface area contributed by atoms with Gasteiger partial charge in [0.25, 0.3) is 0 Å². The topological polar surface area (TPSA) is 67.6 Å². The lowest BCUT2D eigenvalue weighted by Crippen LogP contribution is -2.09. The molecule has 1 fully saturated rings. The molecule has 1 aromatic heterocycles. The van der Waals surface area contributed by atoms with E-state index >= 15 is 0 Å². The molecule has 0 radical (unpaired) electrons. The largest absolute Gasteiger partial charge is 0.278 e. The van der Waals surface area contributed by atoms with E-state index < -0.39 is 0 Å². The monoisotopic (exact) mass is 250 g/mol. The van der Waals surface area contributed by atoms with Crippen LogP contribution in [0, 0.1) is 0 Å². The van der Waals surface area contributed by atoms with Crippen LogP contribution in [-0.2, 0) is 0 Å². The summed E-state index contributed by atoms with van der Waals surface area (Å²) in [6.45, 7) is 0. The third-order valence-electron chi connectivity index (χ3n) is 2.97. The Kier molecular flexibility index (Phi) is 4.82. The fourth-order valence-electron chi connectivity index (χ4n) is 1.99. The molecule has 3 rings (SSSR count). The predicted octanol–water partition coefficient (Wildman–Crippen LogP) is 2.88. The molecule has 1 saturated carbocycles. The molecule has 0 atom stereocenters. The smallest absolute Gasteiger partial charge is 0.112 e. The molecule has 0 bridgehead atoms. The lowest BCUT2D eigenvalue weighted by Gasteiger charge is -2.17. The summed E-state index contributed by atoms with van der Waals surface area (Å²) < 4.78 is 0. The molecule has 17 heavy (non-hydrogen) atoms. The number of nitrogens with two attached hydrogens (primary N) is 1. The molecule has 0 spiro atoms. The van der Waals surface area contributed by atoms with Crippen LogP contribution in [0.2, 0.25) is 0 Å². The van der Waals surface area contributed by atoms with Crippen LogP contribution in [0.5, 0.6) is 0 Å². The summed E-state index contributed by atoms with van der Waals surface area (Å²) in [4.78, 5) is 0. The molecule has 0 amide bonds. The van der Waals surface area contributed by atoms with E-state index in [0.717, 1.165) is 16.3 Å². The number of hydrogen-bond donors (Lipinski definition) is 2. The normalized spacial score (nSPS) is 16.5. The van der Waals surface area contributed by atoms with Crippen LogP contribution in [0.1, 0.15) is 32.1 Å². The van der Waals surface area contributed by atoms with Crippen LogP contribution in [0.25, 0.3) is 11.0 Å². The molecule has 1 aliphatic rings.